The van der Waals surface area contributed by atoms with E-state index in [0.29, 0.717) is 28.7 Å². The summed E-state index contributed by atoms with van der Waals surface area (Å²) in [6, 6.07) is 9.57. The Morgan fingerprint density at radius 2 is 2.12 bits per heavy atom. The molecule has 2 aromatic rings. The molecule has 1 amide bonds. The zero-order chi connectivity index (χ0) is 18.2. The Kier molecular flexibility index (Phi) is 6.65. The average Bonchev–Trinajstić information content (AvgIpc) is 2.60. The maximum atomic E-state index is 12.0. The Balaban J connectivity index is 2.12. The lowest BCUT2D eigenvalue weighted by Gasteiger charge is -2.12. The molecule has 132 valence electrons. The highest BCUT2D eigenvalue weighted by Gasteiger charge is 2.12. The molecule has 0 atom stereocenters. The van der Waals surface area contributed by atoms with Gasteiger partial charge in [0, 0.05) is 0 Å². The molecule has 0 aliphatic heterocycles. The second-order valence-electron chi connectivity index (χ2n) is 5.10. The number of phenols is 1. The van der Waals surface area contributed by atoms with Crippen LogP contribution in [0, 0.1) is 0 Å². The number of aromatic hydroxyl groups is 1. The molecule has 0 heterocycles. The number of methoxy groups -OCH3 is 1. The Morgan fingerprint density at radius 3 is 2.80 bits per heavy atom. The molecule has 2 aromatic carbocycles. The van der Waals surface area contributed by atoms with Crippen molar-refractivity contribution in [1.82, 2.24) is 5.43 Å². The standard InChI is InChI=1S/C18H19ClN2O4/c1-3-8-25-17-14(19)9-12(10-16(17)24-2)11-20-21-18(23)13-6-4-5-7-15(13)22/h4-7,9-11,22H,3,8H2,1-2H3,(H,21,23)/b20-11-. The molecule has 0 fully saturated rings. The topological polar surface area (TPSA) is 80.2 Å². The molecule has 0 aliphatic carbocycles. The molecule has 0 bridgehead atoms. The van der Waals surface area contributed by atoms with Crippen LogP contribution in [0.25, 0.3) is 0 Å². The van der Waals surface area contributed by atoms with Crippen LogP contribution in [0.2, 0.25) is 5.02 Å². The summed E-state index contributed by atoms with van der Waals surface area (Å²) >= 11 is 6.22. The number of rotatable bonds is 7. The number of carbonyl (C=O) groups is 1. The van der Waals surface area contributed by atoms with E-state index in [1.807, 2.05) is 6.92 Å². The van der Waals surface area contributed by atoms with Gasteiger partial charge in [0.1, 0.15) is 5.75 Å². The van der Waals surface area contributed by atoms with E-state index >= 15 is 0 Å². The number of amides is 1. The van der Waals surface area contributed by atoms with Gasteiger partial charge in [-0.1, -0.05) is 30.7 Å². The molecule has 0 saturated carbocycles. The summed E-state index contributed by atoms with van der Waals surface area (Å²) in [5, 5.41) is 13.9. The molecule has 0 radical (unpaired) electrons. The zero-order valence-corrected chi connectivity index (χ0v) is 14.7. The van der Waals surface area contributed by atoms with Crippen molar-refractivity contribution in [3.8, 4) is 17.2 Å². The van der Waals surface area contributed by atoms with Gasteiger partial charge in [0.2, 0.25) is 0 Å². The van der Waals surface area contributed by atoms with Crippen LogP contribution in [0.15, 0.2) is 41.5 Å². The number of halogens is 1. The Morgan fingerprint density at radius 1 is 1.36 bits per heavy atom. The summed E-state index contributed by atoms with van der Waals surface area (Å²) in [6.45, 7) is 2.52. The molecular weight excluding hydrogens is 344 g/mol. The van der Waals surface area contributed by atoms with Crippen LogP contribution < -0.4 is 14.9 Å². The van der Waals surface area contributed by atoms with E-state index in [1.165, 1.54) is 25.5 Å². The first-order valence-corrected chi connectivity index (χ1v) is 8.06. The fourth-order valence-electron chi connectivity index (χ4n) is 2.05. The molecule has 0 spiro atoms. The summed E-state index contributed by atoms with van der Waals surface area (Å²) in [4.78, 5) is 12.0. The molecule has 0 unspecified atom stereocenters. The van der Waals surface area contributed by atoms with Gasteiger partial charge >= 0.3 is 0 Å². The van der Waals surface area contributed by atoms with E-state index in [-0.39, 0.29) is 11.3 Å². The fourth-order valence-corrected chi connectivity index (χ4v) is 2.32. The first-order valence-electron chi connectivity index (χ1n) is 7.68. The molecule has 0 saturated heterocycles. The molecular formula is C18H19ClN2O4. The molecule has 2 N–H and O–H groups in total. The molecule has 25 heavy (non-hydrogen) atoms. The van der Waals surface area contributed by atoms with Gasteiger partial charge in [0.25, 0.3) is 5.91 Å². The lowest BCUT2D eigenvalue weighted by atomic mass is 10.2. The minimum Gasteiger partial charge on any atom is -0.507 e. The van der Waals surface area contributed by atoms with Gasteiger partial charge in [-0.3, -0.25) is 4.79 Å². The average molecular weight is 363 g/mol. The Bertz CT molecular complexity index is 778. The maximum Gasteiger partial charge on any atom is 0.275 e. The highest BCUT2D eigenvalue weighted by atomic mass is 35.5. The van der Waals surface area contributed by atoms with Gasteiger partial charge in [0.05, 0.1) is 30.5 Å². The third kappa shape index (κ3) is 4.87. The molecule has 0 aliphatic rings. The van der Waals surface area contributed by atoms with E-state index < -0.39 is 5.91 Å². The third-order valence-electron chi connectivity index (χ3n) is 3.23. The van der Waals surface area contributed by atoms with Crippen molar-refractivity contribution in [2.75, 3.05) is 13.7 Å². The summed E-state index contributed by atoms with van der Waals surface area (Å²) in [7, 11) is 1.52. The first kappa shape index (κ1) is 18.6. The second kappa shape index (κ2) is 8.94. The van der Waals surface area contributed by atoms with Crippen molar-refractivity contribution in [2.24, 2.45) is 5.10 Å². The summed E-state index contributed by atoms with van der Waals surface area (Å²) in [6.07, 6.45) is 2.27. The predicted octanol–water partition coefficient (Wildman–Crippen LogP) is 3.61. The number of nitrogens with zero attached hydrogens (tertiary/aromatic N) is 1. The number of hydrazone groups is 1. The number of hydrogen-bond donors (Lipinski definition) is 2. The quantitative estimate of drug-likeness (QED) is 0.582. The van der Waals surface area contributed by atoms with E-state index in [1.54, 1.807) is 24.3 Å². The number of ether oxygens (including phenoxy) is 2. The first-order chi connectivity index (χ1) is 12.1. The monoisotopic (exact) mass is 362 g/mol. The van der Waals surface area contributed by atoms with Gasteiger partial charge in [0.15, 0.2) is 11.5 Å². The molecule has 2 rings (SSSR count). The number of nitrogens with one attached hydrogen (secondary N) is 1. The van der Waals surface area contributed by atoms with Crippen molar-refractivity contribution >= 4 is 23.7 Å². The summed E-state index contributed by atoms with van der Waals surface area (Å²) in [5.41, 5.74) is 3.12. The van der Waals surface area contributed by atoms with Gasteiger partial charge in [-0.2, -0.15) is 5.10 Å². The van der Waals surface area contributed by atoms with E-state index in [9.17, 15) is 9.90 Å². The second-order valence-corrected chi connectivity index (χ2v) is 5.51. The van der Waals surface area contributed by atoms with Crippen LogP contribution >= 0.6 is 11.6 Å². The molecule has 0 aromatic heterocycles. The Hall–Kier alpha value is -2.73. The van der Waals surface area contributed by atoms with Crippen LogP contribution in [-0.4, -0.2) is 30.9 Å². The number of para-hydroxylation sites is 1. The molecule has 6 nitrogen and oxygen atoms in total. The zero-order valence-electron chi connectivity index (χ0n) is 14.0. The number of carbonyl (C=O) groups excluding carboxylic acids is 1. The maximum absolute atomic E-state index is 12.0. The van der Waals surface area contributed by atoms with Crippen molar-refractivity contribution in [2.45, 2.75) is 13.3 Å². The van der Waals surface area contributed by atoms with Gasteiger partial charge < -0.3 is 14.6 Å². The van der Waals surface area contributed by atoms with Crippen LogP contribution in [0.5, 0.6) is 17.2 Å². The van der Waals surface area contributed by atoms with Crippen LogP contribution in [-0.2, 0) is 0 Å². The Labute approximate surface area is 151 Å². The number of benzene rings is 2. The van der Waals surface area contributed by atoms with Crippen LogP contribution in [0.3, 0.4) is 0 Å². The SMILES string of the molecule is CCCOc1c(Cl)cc(/C=N\NC(=O)c2ccccc2O)cc1OC. The van der Waals surface area contributed by atoms with Crippen molar-refractivity contribution in [1.29, 1.82) is 0 Å². The number of hydrogen-bond acceptors (Lipinski definition) is 5. The van der Waals surface area contributed by atoms with E-state index in [4.69, 9.17) is 21.1 Å². The molecule has 7 heteroatoms. The van der Waals surface area contributed by atoms with Gasteiger partial charge in [-0.05, 0) is 36.2 Å². The highest BCUT2D eigenvalue weighted by molar-refractivity contribution is 6.32. The van der Waals surface area contributed by atoms with E-state index in [2.05, 4.69) is 10.5 Å². The van der Waals surface area contributed by atoms with Gasteiger partial charge in [-0.25, -0.2) is 5.43 Å². The summed E-state index contributed by atoms with van der Waals surface area (Å²) in [5.74, 6) is 0.323. The van der Waals surface area contributed by atoms with Crippen molar-refractivity contribution < 1.29 is 19.4 Å². The number of phenolic OH excluding ortho intramolecular Hbond substituents is 1. The normalized spacial score (nSPS) is 10.7. The minimum absolute atomic E-state index is 0.114. The van der Waals surface area contributed by atoms with Crippen molar-refractivity contribution in [3.05, 3.63) is 52.5 Å². The largest absolute Gasteiger partial charge is 0.507 e. The minimum atomic E-state index is -0.518. The van der Waals surface area contributed by atoms with Gasteiger partial charge in [-0.15, -0.1) is 0 Å². The van der Waals surface area contributed by atoms with E-state index in [0.717, 1.165) is 6.42 Å². The van der Waals surface area contributed by atoms with Crippen LogP contribution in [0.1, 0.15) is 29.3 Å². The highest BCUT2D eigenvalue weighted by Crippen LogP contribution is 2.36. The van der Waals surface area contributed by atoms with Crippen molar-refractivity contribution in [3.63, 3.8) is 0 Å². The lowest BCUT2D eigenvalue weighted by Crippen LogP contribution is -2.17. The smallest absolute Gasteiger partial charge is 0.275 e. The summed E-state index contributed by atoms with van der Waals surface area (Å²) < 4.78 is 10.9. The van der Waals surface area contributed by atoms with Crippen LogP contribution in [0.4, 0.5) is 0 Å². The predicted molar refractivity (Wildman–Crippen MR) is 97.0 cm³/mol. The fraction of sp³-hybridized carbons (Fsp3) is 0.222. The third-order valence-corrected chi connectivity index (χ3v) is 3.51. The lowest BCUT2D eigenvalue weighted by molar-refractivity contribution is 0.0952.